The van der Waals surface area contributed by atoms with Crippen molar-refractivity contribution in [3.63, 3.8) is 0 Å². The van der Waals surface area contributed by atoms with Crippen LogP contribution in [0, 0.1) is 0 Å². The lowest BCUT2D eigenvalue weighted by Gasteiger charge is -2.16. The lowest BCUT2D eigenvalue weighted by atomic mass is 10.0. The minimum absolute atomic E-state index is 0.265. The van der Waals surface area contributed by atoms with Gasteiger partial charge in [0.25, 0.3) is 0 Å². The number of thioether (sulfide) groups is 2. The molecule has 0 amide bonds. The number of anilines is 1. The van der Waals surface area contributed by atoms with Gasteiger partial charge < -0.3 is 5.32 Å². The predicted octanol–water partition coefficient (Wildman–Crippen LogP) is 4.24. The average molecular weight is 278 g/mol. The molecule has 1 aliphatic heterocycles. The van der Waals surface area contributed by atoms with Crippen LogP contribution in [0.1, 0.15) is 25.7 Å². The van der Waals surface area contributed by atoms with E-state index in [1.807, 2.05) is 11.8 Å². The maximum atomic E-state index is 4.95. The number of benzene rings is 1. The summed E-state index contributed by atoms with van der Waals surface area (Å²) in [4.78, 5) is 6.23. The van der Waals surface area contributed by atoms with Crippen LogP contribution in [0.3, 0.4) is 0 Å². The van der Waals surface area contributed by atoms with Gasteiger partial charge in [0.05, 0.1) is 11.2 Å². The van der Waals surface area contributed by atoms with Crippen LogP contribution in [0.25, 0.3) is 0 Å². The van der Waals surface area contributed by atoms with E-state index < -0.39 is 0 Å². The Morgan fingerprint density at radius 1 is 1.28 bits per heavy atom. The molecule has 1 N–H and O–H groups in total. The third kappa shape index (κ3) is 2.41. The SMILES string of the molecule is CSc1ccccc1NC1=NC2(CCCC2)CS1. The fraction of sp³-hybridized carbons (Fsp3) is 0.500. The predicted molar refractivity (Wildman–Crippen MR) is 82.9 cm³/mol. The first-order valence-corrected chi connectivity index (χ1v) is 8.65. The molecule has 2 aliphatic rings. The first kappa shape index (κ1) is 12.4. The van der Waals surface area contributed by atoms with E-state index in [-0.39, 0.29) is 5.54 Å². The van der Waals surface area contributed by atoms with Crippen molar-refractivity contribution >= 4 is 34.4 Å². The maximum absolute atomic E-state index is 4.95. The van der Waals surface area contributed by atoms with E-state index in [1.54, 1.807) is 11.8 Å². The Balaban J connectivity index is 1.77. The standard InChI is InChI=1S/C14H18N2S2/c1-17-12-7-3-2-6-11(12)15-13-16-14(10-18-13)8-4-5-9-14/h2-3,6-7H,4-5,8-10H2,1H3,(H,15,16). The monoisotopic (exact) mass is 278 g/mol. The Bertz CT molecular complexity index is 465. The smallest absolute Gasteiger partial charge is 0.161 e. The molecule has 4 heteroatoms. The lowest BCUT2D eigenvalue weighted by molar-refractivity contribution is 0.508. The summed E-state index contributed by atoms with van der Waals surface area (Å²) in [6, 6.07) is 8.44. The molecule has 0 atom stereocenters. The van der Waals surface area contributed by atoms with Gasteiger partial charge in [-0.1, -0.05) is 36.7 Å². The van der Waals surface area contributed by atoms with Crippen molar-refractivity contribution in [3.8, 4) is 0 Å². The number of nitrogens with one attached hydrogen (secondary N) is 1. The number of amidine groups is 1. The van der Waals surface area contributed by atoms with Crippen LogP contribution in [-0.4, -0.2) is 22.7 Å². The van der Waals surface area contributed by atoms with Crippen LogP contribution in [0.15, 0.2) is 34.2 Å². The van der Waals surface area contributed by atoms with E-state index in [2.05, 4.69) is 35.8 Å². The number of rotatable bonds is 2. The van der Waals surface area contributed by atoms with Gasteiger partial charge in [-0.15, -0.1) is 11.8 Å². The van der Waals surface area contributed by atoms with Crippen LogP contribution in [0.5, 0.6) is 0 Å². The first-order valence-electron chi connectivity index (χ1n) is 6.44. The zero-order chi connectivity index (χ0) is 12.4. The highest BCUT2D eigenvalue weighted by molar-refractivity contribution is 8.14. The highest BCUT2D eigenvalue weighted by atomic mass is 32.2. The zero-order valence-corrected chi connectivity index (χ0v) is 12.2. The van der Waals surface area contributed by atoms with Crippen molar-refractivity contribution in [2.75, 3.05) is 17.3 Å². The third-order valence-corrected chi connectivity index (χ3v) is 5.64. The largest absolute Gasteiger partial charge is 0.334 e. The molecule has 1 saturated carbocycles. The second-order valence-corrected chi connectivity index (χ2v) is 6.77. The van der Waals surface area contributed by atoms with Crippen LogP contribution in [-0.2, 0) is 0 Å². The summed E-state index contributed by atoms with van der Waals surface area (Å²) in [5.74, 6) is 1.16. The highest BCUT2D eigenvalue weighted by Gasteiger charge is 2.38. The van der Waals surface area contributed by atoms with E-state index in [9.17, 15) is 0 Å². The highest BCUT2D eigenvalue weighted by Crippen LogP contribution is 2.41. The summed E-state index contributed by atoms with van der Waals surface area (Å²) >= 11 is 3.66. The molecule has 3 rings (SSSR count). The number of aliphatic imine (C=N–C) groups is 1. The van der Waals surface area contributed by atoms with E-state index >= 15 is 0 Å². The van der Waals surface area contributed by atoms with Gasteiger partial charge >= 0.3 is 0 Å². The molecule has 2 nitrogen and oxygen atoms in total. The molecule has 1 heterocycles. The fourth-order valence-electron chi connectivity index (χ4n) is 2.70. The van der Waals surface area contributed by atoms with Crippen LogP contribution >= 0.6 is 23.5 Å². The second kappa shape index (κ2) is 5.17. The molecule has 0 bridgehead atoms. The summed E-state index contributed by atoms with van der Waals surface area (Å²) < 4.78 is 0. The van der Waals surface area contributed by atoms with Crippen molar-refractivity contribution in [2.45, 2.75) is 36.1 Å². The zero-order valence-electron chi connectivity index (χ0n) is 10.6. The van der Waals surface area contributed by atoms with Gasteiger partial charge in [-0.3, -0.25) is 4.99 Å². The minimum Gasteiger partial charge on any atom is -0.334 e. The van der Waals surface area contributed by atoms with E-state index in [4.69, 9.17) is 4.99 Å². The molecule has 0 radical (unpaired) electrons. The van der Waals surface area contributed by atoms with Crippen molar-refractivity contribution in [2.24, 2.45) is 4.99 Å². The molecular weight excluding hydrogens is 260 g/mol. The van der Waals surface area contributed by atoms with Gasteiger partial charge in [0.15, 0.2) is 5.17 Å². The van der Waals surface area contributed by atoms with Crippen LogP contribution in [0.2, 0.25) is 0 Å². The molecule has 1 aliphatic carbocycles. The topological polar surface area (TPSA) is 24.4 Å². The number of para-hydroxylation sites is 1. The molecular formula is C14H18N2S2. The van der Waals surface area contributed by atoms with Crippen LogP contribution < -0.4 is 5.32 Å². The molecule has 0 unspecified atom stereocenters. The summed E-state index contributed by atoms with van der Waals surface area (Å²) in [7, 11) is 0. The molecule has 1 fully saturated rings. The van der Waals surface area contributed by atoms with Crippen molar-refractivity contribution in [1.82, 2.24) is 0 Å². The summed E-state index contributed by atoms with van der Waals surface area (Å²) in [5.41, 5.74) is 1.45. The Hall–Kier alpha value is -0.610. The average Bonchev–Trinajstić information content (AvgIpc) is 3.01. The van der Waals surface area contributed by atoms with Gasteiger partial charge in [-0.2, -0.15) is 0 Å². The Kier molecular flexibility index (Phi) is 3.57. The number of hydrogen-bond acceptors (Lipinski definition) is 4. The molecule has 0 aromatic heterocycles. The third-order valence-electron chi connectivity index (χ3n) is 3.70. The summed E-state index contributed by atoms with van der Waals surface area (Å²) in [6.07, 6.45) is 7.35. The molecule has 1 aromatic rings. The molecule has 1 spiro atoms. The van der Waals surface area contributed by atoms with Crippen molar-refractivity contribution in [3.05, 3.63) is 24.3 Å². The Labute approximate surface area is 117 Å². The summed E-state index contributed by atoms with van der Waals surface area (Å²) in [5, 5.41) is 4.61. The van der Waals surface area contributed by atoms with E-state index in [0.29, 0.717) is 0 Å². The normalized spacial score (nSPS) is 21.3. The Morgan fingerprint density at radius 2 is 2.06 bits per heavy atom. The second-order valence-electron chi connectivity index (χ2n) is 4.96. The van der Waals surface area contributed by atoms with Crippen LogP contribution in [0.4, 0.5) is 5.69 Å². The van der Waals surface area contributed by atoms with E-state index in [1.165, 1.54) is 36.3 Å². The maximum Gasteiger partial charge on any atom is 0.161 e. The van der Waals surface area contributed by atoms with Gasteiger partial charge in [-0.25, -0.2) is 0 Å². The quantitative estimate of drug-likeness (QED) is 0.819. The molecule has 18 heavy (non-hydrogen) atoms. The number of nitrogens with zero attached hydrogens (tertiary/aromatic N) is 1. The molecule has 96 valence electrons. The van der Waals surface area contributed by atoms with Gasteiger partial charge in [0.1, 0.15) is 0 Å². The van der Waals surface area contributed by atoms with Gasteiger partial charge in [-0.05, 0) is 31.2 Å². The lowest BCUT2D eigenvalue weighted by Crippen LogP contribution is -2.21. The molecule has 0 saturated heterocycles. The molecule has 1 aromatic carbocycles. The van der Waals surface area contributed by atoms with Gasteiger partial charge in [0, 0.05) is 10.6 Å². The fourth-order valence-corrected chi connectivity index (χ4v) is 4.45. The summed E-state index contributed by atoms with van der Waals surface area (Å²) in [6.45, 7) is 0. The van der Waals surface area contributed by atoms with Gasteiger partial charge in [0.2, 0.25) is 0 Å². The minimum atomic E-state index is 0.265. The van der Waals surface area contributed by atoms with Crippen molar-refractivity contribution in [1.29, 1.82) is 0 Å². The number of hydrogen-bond donors (Lipinski definition) is 1. The first-order chi connectivity index (χ1) is 8.81. The van der Waals surface area contributed by atoms with E-state index in [0.717, 1.165) is 10.9 Å². The Morgan fingerprint density at radius 3 is 2.83 bits per heavy atom. The van der Waals surface area contributed by atoms with Crippen molar-refractivity contribution < 1.29 is 0 Å².